The summed E-state index contributed by atoms with van der Waals surface area (Å²) in [4.78, 5) is 47.9. The number of nitrogens with zero attached hydrogens (tertiary/aromatic N) is 3. The summed E-state index contributed by atoms with van der Waals surface area (Å²) in [5, 5.41) is 3.13. The number of carbonyl (C=O) groups is 3. The molecule has 2 aromatic rings. The van der Waals surface area contributed by atoms with Crippen molar-refractivity contribution in [3.63, 3.8) is 0 Å². The third kappa shape index (κ3) is 4.13. The van der Waals surface area contributed by atoms with Crippen LogP contribution in [0, 0.1) is 5.92 Å². The highest BCUT2D eigenvalue weighted by Crippen LogP contribution is 2.57. The van der Waals surface area contributed by atoms with Crippen molar-refractivity contribution in [1.29, 1.82) is 0 Å². The number of hydrogen-bond donors (Lipinski definition) is 1. The molecule has 3 amide bonds. The van der Waals surface area contributed by atoms with Crippen LogP contribution in [-0.4, -0.2) is 79.5 Å². The Balaban J connectivity index is 1.34. The van der Waals surface area contributed by atoms with Gasteiger partial charge in [0.25, 0.3) is 11.8 Å². The van der Waals surface area contributed by atoms with E-state index in [0.29, 0.717) is 69.3 Å². The van der Waals surface area contributed by atoms with Gasteiger partial charge in [-0.1, -0.05) is 18.2 Å². The molecule has 0 saturated carbocycles. The summed E-state index contributed by atoms with van der Waals surface area (Å²) >= 11 is 0. The molecule has 0 aliphatic carbocycles. The Kier molecular flexibility index (Phi) is 7.16. The minimum absolute atomic E-state index is 0.0362. The Morgan fingerprint density at radius 3 is 2.60 bits per heavy atom. The van der Waals surface area contributed by atoms with Crippen molar-refractivity contribution in [2.24, 2.45) is 5.92 Å². The normalized spacial score (nSPS) is 26.4. The van der Waals surface area contributed by atoms with Gasteiger partial charge in [0.2, 0.25) is 5.91 Å². The number of carbonyl (C=O) groups excluding carboxylic acids is 3. The Morgan fingerprint density at radius 2 is 1.77 bits per heavy atom. The van der Waals surface area contributed by atoms with Crippen molar-refractivity contribution in [3.8, 4) is 11.5 Å². The molecule has 1 N–H and O–H groups in total. The van der Waals surface area contributed by atoms with Crippen LogP contribution in [0.5, 0.6) is 11.5 Å². The Bertz CT molecular complexity index is 1310. The molecule has 0 radical (unpaired) electrons. The van der Waals surface area contributed by atoms with Gasteiger partial charge in [-0.25, -0.2) is 0 Å². The van der Waals surface area contributed by atoms with Gasteiger partial charge < -0.3 is 24.6 Å². The van der Waals surface area contributed by atoms with Gasteiger partial charge >= 0.3 is 0 Å². The predicted molar refractivity (Wildman–Crippen MR) is 151 cm³/mol. The first-order valence-electron chi connectivity index (χ1n) is 14.7. The second-order valence-electron chi connectivity index (χ2n) is 11.0. The first-order valence-corrected chi connectivity index (χ1v) is 14.7. The van der Waals surface area contributed by atoms with Gasteiger partial charge in [-0.2, -0.15) is 0 Å². The lowest BCUT2D eigenvalue weighted by atomic mass is 9.78. The number of para-hydroxylation sites is 1. The maximum atomic E-state index is 14.5. The topological polar surface area (TPSA) is 91.4 Å². The summed E-state index contributed by atoms with van der Waals surface area (Å²) in [6.45, 7) is 7.23. The van der Waals surface area contributed by atoms with E-state index in [-0.39, 0.29) is 23.8 Å². The predicted octanol–water partition coefficient (Wildman–Crippen LogP) is 3.17. The maximum Gasteiger partial charge on any atom is 0.254 e. The molecule has 3 atom stereocenters. The molecule has 4 aliphatic heterocycles. The smallest absolute Gasteiger partial charge is 0.254 e. The maximum absolute atomic E-state index is 14.5. The number of rotatable bonds is 5. The molecule has 9 nitrogen and oxygen atoms in total. The van der Waals surface area contributed by atoms with Crippen LogP contribution in [0.2, 0.25) is 0 Å². The van der Waals surface area contributed by atoms with Gasteiger partial charge in [-0.15, -0.1) is 0 Å². The zero-order valence-corrected chi connectivity index (χ0v) is 23.4. The van der Waals surface area contributed by atoms with Gasteiger partial charge in [0, 0.05) is 49.0 Å². The summed E-state index contributed by atoms with van der Waals surface area (Å²) in [5.41, 5.74) is 1.30. The molecule has 4 aliphatic rings. The SMILES string of the molecule is CCOc1ccc(C(=O)N2CCCNC(=O)[C@@H]3C[C@@H]4CCCN4[C@@]34C(=O)N(CC2)c2ccccc24)cc1OCC. The van der Waals surface area contributed by atoms with Crippen LogP contribution < -0.4 is 19.7 Å². The molecule has 1 spiro atoms. The van der Waals surface area contributed by atoms with Crippen molar-refractivity contribution in [1.82, 2.24) is 15.1 Å². The molecule has 2 aromatic carbocycles. The molecular formula is C31H38N4O5. The van der Waals surface area contributed by atoms with Crippen LogP contribution in [0.3, 0.4) is 0 Å². The summed E-state index contributed by atoms with van der Waals surface area (Å²) in [7, 11) is 0. The fraction of sp³-hybridized carbons (Fsp3) is 0.516. The van der Waals surface area contributed by atoms with Gasteiger partial charge in [-0.3, -0.25) is 19.3 Å². The monoisotopic (exact) mass is 546 g/mol. The Morgan fingerprint density at radius 1 is 0.975 bits per heavy atom. The molecule has 0 aromatic heterocycles. The van der Waals surface area contributed by atoms with Crippen molar-refractivity contribution in [2.75, 3.05) is 50.8 Å². The average Bonchev–Trinajstić information content (AvgIpc) is 3.62. The number of anilines is 1. The highest BCUT2D eigenvalue weighted by atomic mass is 16.5. The van der Waals surface area contributed by atoms with E-state index in [1.54, 1.807) is 23.1 Å². The number of fused-ring (bicyclic) bond motifs is 4. The molecular weight excluding hydrogens is 508 g/mol. The number of amides is 3. The Hall–Kier alpha value is -3.59. The molecule has 3 saturated heterocycles. The van der Waals surface area contributed by atoms with E-state index in [1.807, 2.05) is 43.0 Å². The van der Waals surface area contributed by atoms with Crippen LogP contribution >= 0.6 is 0 Å². The highest BCUT2D eigenvalue weighted by molar-refractivity contribution is 6.11. The molecule has 3 fully saturated rings. The van der Waals surface area contributed by atoms with E-state index >= 15 is 0 Å². The average molecular weight is 547 g/mol. The minimum Gasteiger partial charge on any atom is -0.490 e. The summed E-state index contributed by atoms with van der Waals surface area (Å²) in [6, 6.07) is 13.4. The molecule has 212 valence electrons. The van der Waals surface area contributed by atoms with Crippen molar-refractivity contribution in [3.05, 3.63) is 53.6 Å². The lowest BCUT2D eigenvalue weighted by Crippen LogP contribution is -2.57. The second kappa shape index (κ2) is 10.8. The standard InChI is InChI=1S/C31H38N4O5/c1-3-39-26-13-12-21(19-27(26)40-4-2)29(37)33-15-8-14-32-28(36)24-20-22-9-7-16-35(22)31(24)23-10-5-6-11-25(23)34(18-17-33)30(31)38/h5-6,10-13,19,22,24H,3-4,7-9,14-18,20H2,1-2H3,(H,32,36)/t22-,24-,31+/m0/s1. The largest absolute Gasteiger partial charge is 0.490 e. The van der Waals surface area contributed by atoms with Crippen molar-refractivity contribution >= 4 is 23.4 Å². The third-order valence-corrected chi connectivity index (χ3v) is 8.91. The van der Waals surface area contributed by atoms with E-state index in [9.17, 15) is 14.4 Å². The lowest BCUT2D eigenvalue weighted by molar-refractivity contribution is -0.139. The zero-order chi connectivity index (χ0) is 27.9. The van der Waals surface area contributed by atoms with Gasteiger partial charge in [0.1, 0.15) is 5.54 Å². The number of nitrogens with one attached hydrogen (secondary N) is 1. The van der Waals surface area contributed by atoms with Crippen LogP contribution in [-0.2, 0) is 15.1 Å². The number of hydrogen-bond acceptors (Lipinski definition) is 6. The fourth-order valence-electron chi connectivity index (χ4n) is 7.29. The summed E-state index contributed by atoms with van der Waals surface area (Å²) in [6.07, 6.45) is 3.37. The van der Waals surface area contributed by atoms with Gasteiger partial charge in [0.15, 0.2) is 11.5 Å². The molecule has 6 rings (SSSR count). The van der Waals surface area contributed by atoms with Crippen molar-refractivity contribution < 1.29 is 23.9 Å². The third-order valence-electron chi connectivity index (χ3n) is 8.91. The summed E-state index contributed by atoms with van der Waals surface area (Å²) in [5.74, 6) is 0.481. The number of benzene rings is 2. The molecule has 4 heterocycles. The van der Waals surface area contributed by atoms with Gasteiger partial charge in [0.05, 0.1) is 19.1 Å². The fourth-order valence-corrected chi connectivity index (χ4v) is 7.29. The highest BCUT2D eigenvalue weighted by Gasteiger charge is 2.67. The lowest BCUT2D eigenvalue weighted by Gasteiger charge is -2.38. The first-order chi connectivity index (χ1) is 19.5. The van der Waals surface area contributed by atoms with E-state index < -0.39 is 11.5 Å². The van der Waals surface area contributed by atoms with Crippen LogP contribution in [0.25, 0.3) is 0 Å². The molecule has 2 bridgehead atoms. The van der Waals surface area contributed by atoms with E-state index in [2.05, 4.69) is 10.2 Å². The summed E-state index contributed by atoms with van der Waals surface area (Å²) < 4.78 is 11.4. The Labute approximate surface area is 235 Å². The molecule has 40 heavy (non-hydrogen) atoms. The van der Waals surface area contributed by atoms with E-state index in [0.717, 1.165) is 30.6 Å². The first kappa shape index (κ1) is 26.6. The van der Waals surface area contributed by atoms with Crippen LogP contribution in [0.4, 0.5) is 5.69 Å². The van der Waals surface area contributed by atoms with Crippen molar-refractivity contribution in [2.45, 2.75) is 51.1 Å². The van der Waals surface area contributed by atoms with Crippen LogP contribution in [0.15, 0.2) is 42.5 Å². The van der Waals surface area contributed by atoms with E-state index in [1.165, 1.54) is 0 Å². The number of ether oxygens (including phenoxy) is 2. The quantitative estimate of drug-likeness (QED) is 0.620. The van der Waals surface area contributed by atoms with Crippen LogP contribution in [0.1, 0.15) is 55.5 Å². The molecule has 0 unspecified atom stereocenters. The minimum atomic E-state index is -0.975. The zero-order valence-electron chi connectivity index (χ0n) is 23.4. The van der Waals surface area contributed by atoms with Gasteiger partial charge in [-0.05, 0) is 70.3 Å². The second-order valence-corrected chi connectivity index (χ2v) is 11.0. The molecule has 9 heteroatoms. The van der Waals surface area contributed by atoms with E-state index in [4.69, 9.17) is 9.47 Å².